The molecular formula is C3H11NaO4S. The average Bonchev–Trinajstić information content (AvgIpc) is 1.30. The van der Waals surface area contributed by atoms with E-state index in [0.717, 1.165) is 0 Å². The van der Waals surface area contributed by atoms with Crippen molar-refractivity contribution in [1.29, 1.82) is 0 Å². The van der Waals surface area contributed by atoms with Crippen LogP contribution in [0.3, 0.4) is 0 Å². The average molecular weight is 166 g/mol. The Labute approximate surface area is 77.0 Å². The SMILES string of the molecule is CCCS(=O)(=O)O.O.[NaH]. The first kappa shape index (κ1) is 16.5. The zero-order valence-corrected chi connectivity index (χ0v) is 5.40. The monoisotopic (exact) mass is 166 g/mol. The van der Waals surface area contributed by atoms with Crippen molar-refractivity contribution in [1.82, 2.24) is 0 Å². The first-order valence-electron chi connectivity index (χ1n) is 2.01. The molecule has 0 atom stereocenters. The van der Waals surface area contributed by atoms with E-state index in [1.807, 2.05) is 0 Å². The zero-order chi connectivity index (χ0) is 5.91. The van der Waals surface area contributed by atoms with Gasteiger partial charge >= 0.3 is 29.6 Å². The molecule has 0 aliphatic heterocycles. The van der Waals surface area contributed by atoms with Crippen molar-refractivity contribution in [3.63, 3.8) is 0 Å². The molecule has 3 N–H and O–H groups in total. The van der Waals surface area contributed by atoms with Crippen molar-refractivity contribution in [2.75, 3.05) is 5.75 Å². The summed E-state index contributed by atoms with van der Waals surface area (Å²) in [6, 6.07) is 0. The molecule has 0 bridgehead atoms. The van der Waals surface area contributed by atoms with Crippen molar-refractivity contribution >= 4 is 39.7 Å². The molecule has 0 radical (unpaired) electrons. The summed E-state index contributed by atoms with van der Waals surface area (Å²) in [7, 11) is -3.67. The van der Waals surface area contributed by atoms with Gasteiger partial charge in [0.1, 0.15) is 0 Å². The standard InChI is InChI=1S/C3H8O3S.Na.H2O.H/c1-2-3-7(4,5)6;;;/h2-3H2,1H3,(H,4,5,6);;1H2;. The second-order valence-corrected chi connectivity index (χ2v) is 2.86. The molecule has 0 spiro atoms. The molecule has 0 fully saturated rings. The molecule has 0 aromatic heterocycles. The number of rotatable bonds is 2. The fourth-order valence-corrected chi connectivity index (χ4v) is 0.774. The molecule has 0 aliphatic carbocycles. The van der Waals surface area contributed by atoms with E-state index in [9.17, 15) is 8.42 Å². The van der Waals surface area contributed by atoms with Crippen LogP contribution < -0.4 is 0 Å². The molecule has 0 aromatic carbocycles. The van der Waals surface area contributed by atoms with Crippen LogP contribution in [-0.4, -0.2) is 53.8 Å². The van der Waals surface area contributed by atoms with Crippen LogP contribution in [0.4, 0.5) is 0 Å². The Hall–Kier alpha value is 0.870. The van der Waals surface area contributed by atoms with E-state index in [-0.39, 0.29) is 40.8 Å². The Morgan fingerprint density at radius 2 is 1.78 bits per heavy atom. The summed E-state index contributed by atoms with van der Waals surface area (Å²) >= 11 is 0. The van der Waals surface area contributed by atoms with Crippen LogP contribution in [0.25, 0.3) is 0 Å². The predicted molar refractivity (Wildman–Crippen MR) is 37.5 cm³/mol. The molecule has 54 valence electrons. The van der Waals surface area contributed by atoms with Crippen LogP contribution in [0.2, 0.25) is 0 Å². The van der Waals surface area contributed by atoms with Gasteiger partial charge in [0.05, 0.1) is 5.75 Å². The van der Waals surface area contributed by atoms with Crippen LogP contribution in [0.5, 0.6) is 0 Å². The van der Waals surface area contributed by atoms with Crippen LogP contribution >= 0.6 is 0 Å². The van der Waals surface area contributed by atoms with E-state index in [1.165, 1.54) is 0 Å². The third kappa shape index (κ3) is 17.7. The molecule has 9 heavy (non-hydrogen) atoms. The van der Waals surface area contributed by atoms with Crippen molar-refractivity contribution < 1.29 is 18.4 Å². The predicted octanol–water partition coefficient (Wildman–Crippen LogP) is -1.19. The fourth-order valence-electron chi connectivity index (χ4n) is 0.258. The van der Waals surface area contributed by atoms with Gasteiger partial charge in [-0.25, -0.2) is 0 Å². The second kappa shape index (κ2) is 6.98. The second-order valence-electron chi connectivity index (χ2n) is 1.29. The van der Waals surface area contributed by atoms with E-state index < -0.39 is 10.1 Å². The summed E-state index contributed by atoms with van der Waals surface area (Å²) < 4.78 is 27.6. The van der Waals surface area contributed by atoms with Gasteiger partial charge in [0.2, 0.25) is 0 Å². The van der Waals surface area contributed by atoms with Crippen molar-refractivity contribution in [2.45, 2.75) is 13.3 Å². The maximum absolute atomic E-state index is 9.79. The molecular weight excluding hydrogens is 155 g/mol. The minimum absolute atomic E-state index is 0. The van der Waals surface area contributed by atoms with E-state index >= 15 is 0 Å². The normalized spacial score (nSPS) is 9.11. The molecule has 6 heteroatoms. The maximum atomic E-state index is 9.79. The molecule has 0 aliphatic rings. The topological polar surface area (TPSA) is 85.9 Å². The molecule has 4 nitrogen and oxygen atoms in total. The third-order valence-corrected chi connectivity index (χ3v) is 1.39. The summed E-state index contributed by atoms with van der Waals surface area (Å²) in [5.41, 5.74) is 0. The van der Waals surface area contributed by atoms with Crippen molar-refractivity contribution in [3.8, 4) is 0 Å². The molecule has 0 unspecified atom stereocenters. The van der Waals surface area contributed by atoms with E-state index in [4.69, 9.17) is 4.55 Å². The summed E-state index contributed by atoms with van der Waals surface area (Å²) in [6.45, 7) is 1.69. The molecule has 0 rings (SSSR count). The van der Waals surface area contributed by atoms with Gasteiger partial charge in [0.15, 0.2) is 0 Å². The molecule has 0 saturated carbocycles. The molecule has 0 amide bonds. The Morgan fingerprint density at radius 1 is 1.44 bits per heavy atom. The first-order chi connectivity index (χ1) is 3.06. The number of hydrogen-bond acceptors (Lipinski definition) is 2. The number of hydrogen-bond donors (Lipinski definition) is 1. The first-order valence-corrected chi connectivity index (χ1v) is 3.62. The zero-order valence-electron chi connectivity index (χ0n) is 4.59. The summed E-state index contributed by atoms with van der Waals surface area (Å²) in [5, 5.41) is 0. The van der Waals surface area contributed by atoms with Gasteiger partial charge in [-0.2, -0.15) is 8.42 Å². The Kier molecular flexibility index (Phi) is 12.8. The quantitative estimate of drug-likeness (QED) is 0.413. The Bertz CT molecular complexity index is 129. The summed E-state index contributed by atoms with van der Waals surface area (Å²) in [6.07, 6.45) is 0.471. The van der Waals surface area contributed by atoms with Gasteiger partial charge in [-0.05, 0) is 6.42 Å². The van der Waals surface area contributed by atoms with Crippen molar-refractivity contribution in [3.05, 3.63) is 0 Å². The van der Waals surface area contributed by atoms with Gasteiger partial charge < -0.3 is 5.48 Å². The van der Waals surface area contributed by atoms with E-state index in [1.54, 1.807) is 6.92 Å². The fraction of sp³-hybridized carbons (Fsp3) is 1.00. The van der Waals surface area contributed by atoms with Crippen molar-refractivity contribution in [2.24, 2.45) is 0 Å². The van der Waals surface area contributed by atoms with Gasteiger partial charge in [-0.3, -0.25) is 4.55 Å². The molecule has 0 heterocycles. The van der Waals surface area contributed by atoms with Gasteiger partial charge in [0.25, 0.3) is 10.1 Å². The van der Waals surface area contributed by atoms with Gasteiger partial charge in [-0.1, -0.05) is 6.92 Å². The Morgan fingerprint density at radius 3 is 1.78 bits per heavy atom. The van der Waals surface area contributed by atoms with Gasteiger partial charge in [-0.15, -0.1) is 0 Å². The third-order valence-electron chi connectivity index (χ3n) is 0.462. The molecule has 0 saturated heterocycles. The van der Waals surface area contributed by atoms with Crippen LogP contribution in [0, 0.1) is 0 Å². The van der Waals surface area contributed by atoms with Gasteiger partial charge in [0, 0.05) is 0 Å². The molecule has 0 aromatic rings. The Balaban J connectivity index is -0.000000180. The van der Waals surface area contributed by atoms with Crippen LogP contribution in [0.1, 0.15) is 13.3 Å². The van der Waals surface area contributed by atoms with E-state index in [2.05, 4.69) is 0 Å². The summed E-state index contributed by atoms with van der Waals surface area (Å²) in [5.74, 6) is -0.132. The summed E-state index contributed by atoms with van der Waals surface area (Å²) in [4.78, 5) is 0. The minimum atomic E-state index is -3.67. The van der Waals surface area contributed by atoms with Crippen LogP contribution in [-0.2, 0) is 10.1 Å². The van der Waals surface area contributed by atoms with Crippen LogP contribution in [0.15, 0.2) is 0 Å². The van der Waals surface area contributed by atoms with E-state index in [0.29, 0.717) is 6.42 Å².